The molecule has 112 valence electrons. The second-order valence-electron chi connectivity index (χ2n) is 5.78. The SMILES string of the molecule is CCC1CCCCN1CCC(NC)c1cccc(Br)c1. The summed E-state index contributed by atoms with van der Waals surface area (Å²) < 4.78 is 1.17. The summed E-state index contributed by atoms with van der Waals surface area (Å²) in [6.45, 7) is 4.82. The van der Waals surface area contributed by atoms with E-state index in [1.165, 1.54) is 55.2 Å². The fraction of sp³-hybridized carbons (Fsp3) is 0.647. The zero-order valence-electron chi connectivity index (χ0n) is 12.7. The highest BCUT2D eigenvalue weighted by Gasteiger charge is 2.21. The average molecular weight is 339 g/mol. The lowest BCUT2D eigenvalue weighted by Gasteiger charge is -2.36. The monoisotopic (exact) mass is 338 g/mol. The second-order valence-corrected chi connectivity index (χ2v) is 6.69. The molecule has 2 unspecified atom stereocenters. The van der Waals surface area contributed by atoms with Crippen LogP contribution in [0.25, 0.3) is 0 Å². The van der Waals surface area contributed by atoms with Crippen LogP contribution in [0.15, 0.2) is 28.7 Å². The van der Waals surface area contributed by atoms with Gasteiger partial charge in [-0.2, -0.15) is 0 Å². The van der Waals surface area contributed by atoms with Crippen LogP contribution in [0.3, 0.4) is 0 Å². The van der Waals surface area contributed by atoms with E-state index >= 15 is 0 Å². The van der Waals surface area contributed by atoms with Crippen LogP contribution < -0.4 is 5.32 Å². The molecule has 1 saturated heterocycles. The first-order chi connectivity index (χ1) is 9.74. The maximum absolute atomic E-state index is 3.57. The minimum atomic E-state index is 0.451. The Balaban J connectivity index is 1.93. The topological polar surface area (TPSA) is 15.3 Å². The fourth-order valence-corrected chi connectivity index (χ4v) is 3.73. The summed E-state index contributed by atoms with van der Waals surface area (Å²) in [5.74, 6) is 0. The van der Waals surface area contributed by atoms with Gasteiger partial charge in [0.2, 0.25) is 0 Å². The highest BCUT2D eigenvalue weighted by Crippen LogP contribution is 2.24. The third-order valence-corrected chi connectivity index (χ3v) is 5.02. The zero-order valence-corrected chi connectivity index (χ0v) is 14.3. The van der Waals surface area contributed by atoms with Gasteiger partial charge in [0.25, 0.3) is 0 Å². The molecule has 3 heteroatoms. The van der Waals surface area contributed by atoms with Crippen molar-refractivity contribution in [2.45, 2.75) is 51.1 Å². The Labute approximate surface area is 132 Å². The van der Waals surface area contributed by atoms with Gasteiger partial charge in [0, 0.05) is 23.1 Å². The number of likely N-dealkylation sites (tertiary alicyclic amines) is 1. The quantitative estimate of drug-likeness (QED) is 0.828. The summed E-state index contributed by atoms with van der Waals surface area (Å²) in [4.78, 5) is 2.70. The molecular formula is C17H27BrN2. The number of benzene rings is 1. The van der Waals surface area contributed by atoms with Gasteiger partial charge >= 0.3 is 0 Å². The van der Waals surface area contributed by atoms with E-state index < -0.39 is 0 Å². The maximum atomic E-state index is 3.57. The van der Waals surface area contributed by atoms with Gasteiger partial charge in [-0.15, -0.1) is 0 Å². The summed E-state index contributed by atoms with van der Waals surface area (Å²) in [6.07, 6.45) is 6.65. The molecule has 1 aliphatic heterocycles. The summed E-state index contributed by atoms with van der Waals surface area (Å²) in [7, 11) is 2.07. The molecule has 1 aromatic rings. The molecule has 0 aromatic heterocycles. The Kier molecular flexibility index (Phi) is 6.53. The first-order valence-electron chi connectivity index (χ1n) is 7.91. The van der Waals surface area contributed by atoms with E-state index in [1.807, 2.05) is 0 Å². The smallest absolute Gasteiger partial charge is 0.0330 e. The second kappa shape index (κ2) is 8.16. The fourth-order valence-electron chi connectivity index (χ4n) is 3.31. The molecule has 1 aromatic carbocycles. The van der Waals surface area contributed by atoms with Crippen molar-refractivity contribution in [3.63, 3.8) is 0 Å². The number of hydrogen-bond donors (Lipinski definition) is 1. The predicted octanol–water partition coefficient (Wildman–Crippen LogP) is 4.36. The Morgan fingerprint density at radius 1 is 1.40 bits per heavy atom. The van der Waals surface area contributed by atoms with Gasteiger partial charge in [-0.05, 0) is 57.0 Å². The van der Waals surface area contributed by atoms with E-state index in [0.29, 0.717) is 6.04 Å². The van der Waals surface area contributed by atoms with Gasteiger partial charge in [-0.3, -0.25) is 0 Å². The lowest BCUT2D eigenvalue weighted by Crippen LogP contribution is -2.40. The van der Waals surface area contributed by atoms with Crippen molar-refractivity contribution >= 4 is 15.9 Å². The zero-order chi connectivity index (χ0) is 14.4. The summed E-state index contributed by atoms with van der Waals surface area (Å²) in [5, 5.41) is 3.47. The van der Waals surface area contributed by atoms with Crippen LogP contribution in [0.1, 0.15) is 50.6 Å². The Hall–Kier alpha value is -0.380. The molecule has 0 amide bonds. The third-order valence-electron chi connectivity index (χ3n) is 4.52. The van der Waals surface area contributed by atoms with Gasteiger partial charge in [0.05, 0.1) is 0 Å². The van der Waals surface area contributed by atoms with Crippen LogP contribution in [-0.2, 0) is 0 Å². The van der Waals surface area contributed by atoms with Gasteiger partial charge in [0.15, 0.2) is 0 Å². The molecule has 2 atom stereocenters. The highest BCUT2D eigenvalue weighted by atomic mass is 79.9. The Morgan fingerprint density at radius 2 is 2.25 bits per heavy atom. The first-order valence-corrected chi connectivity index (χ1v) is 8.70. The van der Waals surface area contributed by atoms with Crippen LogP contribution in [-0.4, -0.2) is 31.1 Å². The number of nitrogens with zero attached hydrogens (tertiary/aromatic N) is 1. The van der Waals surface area contributed by atoms with Crippen LogP contribution in [0.5, 0.6) is 0 Å². The largest absolute Gasteiger partial charge is 0.313 e. The van der Waals surface area contributed by atoms with E-state index in [9.17, 15) is 0 Å². The molecule has 1 N–H and O–H groups in total. The molecule has 0 spiro atoms. The van der Waals surface area contributed by atoms with Crippen molar-refractivity contribution in [3.05, 3.63) is 34.3 Å². The van der Waals surface area contributed by atoms with Crippen molar-refractivity contribution in [1.82, 2.24) is 10.2 Å². The summed E-state index contributed by atoms with van der Waals surface area (Å²) in [6, 6.07) is 9.93. The number of rotatable bonds is 6. The summed E-state index contributed by atoms with van der Waals surface area (Å²) in [5.41, 5.74) is 1.38. The maximum Gasteiger partial charge on any atom is 0.0330 e. The number of halogens is 1. The van der Waals surface area contributed by atoms with Crippen molar-refractivity contribution in [2.75, 3.05) is 20.1 Å². The van der Waals surface area contributed by atoms with Crippen LogP contribution in [0.2, 0.25) is 0 Å². The average Bonchev–Trinajstić information content (AvgIpc) is 2.48. The van der Waals surface area contributed by atoms with E-state index in [4.69, 9.17) is 0 Å². The van der Waals surface area contributed by atoms with Crippen LogP contribution in [0.4, 0.5) is 0 Å². The first kappa shape index (κ1) is 16.0. The van der Waals surface area contributed by atoms with Crippen molar-refractivity contribution in [1.29, 1.82) is 0 Å². The molecule has 0 bridgehead atoms. The minimum absolute atomic E-state index is 0.451. The lowest BCUT2D eigenvalue weighted by molar-refractivity contribution is 0.138. The van der Waals surface area contributed by atoms with E-state index in [2.05, 4.69) is 64.4 Å². The summed E-state index contributed by atoms with van der Waals surface area (Å²) >= 11 is 3.57. The lowest BCUT2D eigenvalue weighted by atomic mass is 9.98. The minimum Gasteiger partial charge on any atom is -0.313 e. The molecule has 1 fully saturated rings. The molecule has 20 heavy (non-hydrogen) atoms. The molecule has 2 rings (SSSR count). The molecule has 2 nitrogen and oxygen atoms in total. The van der Waals surface area contributed by atoms with Crippen LogP contribution in [0, 0.1) is 0 Å². The van der Waals surface area contributed by atoms with E-state index in [-0.39, 0.29) is 0 Å². The van der Waals surface area contributed by atoms with Crippen molar-refractivity contribution in [2.24, 2.45) is 0 Å². The molecular weight excluding hydrogens is 312 g/mol. The van der Waals surface area contributed by atoms with E-state index in [1.54, 1.807) is 0 Å². The molecule has 1 heterocycles. The van der Waals surface area contributed by atoms with E-state index in [0.717, 1.165) is 6.04 Å². The standard InChI is InChI=1S/C17H27BrN2/c1-3-16-9-4-5-11-20(16)12-10-17(19-2)14-7-6-8-15(18)13-14/h6-8,13,16-17,19H,3-5,9-12H2,1-2H3. The predicted molar refractivity (Wildman–Crippen MR) is 90.1 cm³/mol. The molecule has 0 aliphatic carbocycles. The molecule has 1 aliphatic rings. The van der Waals surface area contributed by atoms with Crippen molar-refractivity contribution < 1.29 is 0 Å². The van der Waals surface area contributed by atoms with Gasteiger partial charge < -0.3 is 10.2 Å². The number of hydrogen-bond acceptors (Lipinski definition) is 2. The van der Waals surface area contributed by atoms with Gasteiger partial charge in [0.1, 0.15) is 0 Å². The number of piperidine rings is 1. The Bertz CT molecular complexity index is 408. The van der Waals surface area contributed by atoms with Gasteiger partial charge in [-0.1, -0.05) is 41.4 Å². The third kappa shape index (κ3) is 4.31. The van der Waals surface area contributed by atoms with Crippen LogP contribution >= 0.6 is 15.9 Å². The highest BCUT2D eigenvalue weighted by molar-refractivity contribution is 9.10. The van der Waals surface area contributed by atoms with Crippen molar-refractivity contribution in [3.8, 4) is 0 Å². The number of nitrogens with one attached hydrogen (secondary N) is 1. The normalized spacial score (nSPS) is 21.9. The van der Waals surface area contributed by atoms with Gasteiger partial charge in [-0.25, -0.2) is 0 Å². The molecule has 0 saturated carbocycles. The Morgan fingerprint density at radius 3 is 2.95 bits per heavy atom. The molecule has 0 radical (unpaired) electrons.